The molecule has 2 aromatic rings. The SMILES string of the molecule is CO.C[C@H](C=O)Nc1nc(-c2ccc([N+](=O)[O-])cc2)co1. The highest BCUT2D eigenvalue weighted by atomic mass is 16.6. The monoisotopic (exact) mass is 293 g/mol. The van der Waals surface area contributed by atoms with Crippen molar-refractivity contribution in [2.24, 2.45) is 0 Å². The molecule has 0 saturated carbocycles. The Kier molecular flexibility index (Phi) is 6.02. The summed E-state index contributed by atoms with van der Waals surface area (Å²) < 4.78 is 5.15. The maximum Gasteiger partial charge on any atom is 0.295 e. The van der Waals surface area contributed by atoms with Crippen molar-refractivity contribution in [2.75, 3.05) is 12.4 Å². The Labute approximate surface area is 120 Å². The molecular formula is C13H15N3O5. The Morgan fingerprint density at radius 2 is 2.00 bits per heavy atom. The largest absolute Gasteiger partial charge is 0.432 e. The zero-order valence-electron chi connectivity index (χ0n) is 11.5. The molecule has 0 aliphatic rings. The third kappa shape index (κ3) is 4.39. The van der Waals surface area contributed by atoms with Gasteiger partial charge in [-0.3, -0.25) is 10.1 Å². The van der Waals surface area contributed by atoms with E-state index in [4.69, 9.17) is 9.52 Å². The molecule has 0 aliphatic heterocycles. The number of oxazole rings is 1. The highest BCUT2D eigenvalue weighted by molar-refractivity contribution is 5.64. The fraction of sp³-hybridized carbons (Fsp3) is 0.231. The summed E-state index contributed by atoms with van der Waals surface area (Å²) in [7, 11) is 1.00. The molecule has 8 nitrogen and oxygen atoms in total. The van der Waals surface area contributed by atoms with E-state index in [9.17, 15) is 14.9 Å². The molecule has 1 atom stereocenters. The molecule has 21 heavy (non-hydrogen) atoms. The normalized spacial score (nSPS) is 11.0. The lowest BCUT2D eigenvalue weighted by Gasteiger charge is -2.01. The predicted octanol–water partition coefficient (Wildman–Crippen LogP) is 1.86. The van der Waals surface area contributed by atoms with Crippen LogP contribution in [0.5, 0.6) is 0 Å². The summed E-state index contributed by atoms with van der Waals surface area (Å²) in [6.45, 7) is 1.67. The molecule has 2 N–H and O–H groups in total. The number of hydrogen-bond donors (Lipinski definition) is 2. The van der Waals surface area contributed by atoms with Gasteiger partial charge >= 0.3 is 0 Å². The van der Waals surface area contributed by atoms with Gasteiger partial charge in [-0.25, -0.2) is 0 Å². The molecule has 1 aromatic carbocycles. The minimum absolute atomic E-state index is 0.0140. The van der Waals surface area contributed by atoms with E-state index in [0.717, 1.165) is 13.4 Å². The van der Waals surface area contributed by atoms with Gasteiger partial charge in [-0.2, -0.15) is 4.98 Å². The van der Waals surface area contributed by atoms with Crippen LogP contribution in [-0.4, -0.2) is 34.5 Å². The number of carbonyl (C=O) groups is 1. The predicted molar refractivity (Wildman–Crippen MR) is 75.9 cm³/mol. The lowest BCUT2D eigenvalue weighted by atomic mass is 10.1. The second-order valence-corrected chi connectivity index (χ2v) is 3.91. The number of aldehydes is 1. The van der Waals surface area contributed by atoms with E-state index in [0.29, 0.717) is 11.3 Å². The minimum Gasteiger partial charge on any atom is -0.432 e. The van der Waals surface area contributed by atoms with E-state index in [1.165, 1.54) is 18.4 Å². The Morgan fingerprint density at radius 1 is 1.38 bits per heavy atom. The molecule has 0 radical (unpaired) electrons. The van der Waals surface area contributed by atoms with Crippen LogP contribution in [0.3, 0.4) is 0 Å². The number of aromatic nitrogens is 1. The van der Waals surface area contributed by atoms with Gasteiger partial charge in [0.1, 0.15) is 18.2 Å². The number of nitro groups is 1. The zero-order chi connectivity index (χ0) is 15.8. The van der Waals surface area contributed by atoms with Crippen molar-refractivity contribution in [1.29, 1.82) is 0 Å². The van der Waals surface area contributed by atoms with Gasteiger partial charge in [-0.1, -0.05) is 0 Å². The first-order valence-electron chi connectivity index (χ1n) is 5.97. The van der Waals surface area contributed by atoms with Crippen molar-refractivity contribution in [3.05, 3.63) is 40.6 Å². The second kappa shape index (κ2) is 7.75. The maximum absolute atomic E-state index is 10.5. The van der Waals surface area contributed by atoms with E-state index in [1.807, 2.05) is 0 Å². The molecule has 0 bridgehead atoms. The van der Waals surface area contributed by atoms with Crippen LogP contribution < -0.4 is 5.32 Å². The van der Waals surface area contributed by atoms with Crippen LogP contribution in [0.25, 0.3) is 11.3 Å². The molecule has 8 heteroatoms. The van der Waals surface area contributed by atoms with Crippen molar-refractivity contribution in [3.8, 4) is 11.3 Å². The lowest BCUT2D eigenvalue weighted by molar-refractivity contribution is -0.384. The van der Waals surface area contributed by atoms with Crippen LogP contribution in [0, 0.1) is 10.1 Å². The fourth-order valence-electron chi connectivity index (χ4n) is 1.46. The molecule has 0 spiro atoms. The molecule has 1 aromatic heterocycles. The number of hydrogen-bond acceptors (Lipinski definition) is 7. The van der Waals surface area contributed by atoms with E-state index in [2.05, 4.69) is 10.3 Å². The topological polar surface area (TPSA) is 119 Å². The Bertz CT molecular complexity index is 594. The lowest BCUT2D eigenvalue weighted by Crippen LogP contribution is -2.16. The standard InChI is InChI=1S/C12H11N3O4.CH4O/c1-8(6-16)13-12-14-11(7-19-12)9-2-4-10(5-3-9)15(17)18;1-2/h2-8H,1H3,(H,13,14);2H,1H3/t8-;/m1./s1. The van der Waals surface area contributed by atoms with Crippen LogP contribution in [-0.2, 0) is 4.79 Å². The van der Waals surface area contributed by atoms with Crippen LogP contribution >= 0.6 is 0 Å². The average molecular weight is 293 g/mol. The third-order valence-electron chi connectivity index (χ3n) is 2.43. The molecule has 0 aliphatic carbocycles. The number of nitro benzene ring substituents is 1. The number of non-ortho nitro benzene ring substituents is 1. The van der Waals surface area contributed by atoms with Gasteiger partial charge in [-0.15, -0.1) is 0 Å². The quantitative estimate of drug-likeness (QED) is 0.490. The van der Waals surface area contributed by atoms with Gasteiger partial charge in [0.05, 0.1) is 11.0 Å². The summed E-state index contributed by atoms with van der Waals surface area (Å²) in [5, 5.41) is 20.3. The van der Waals surface area contributed by atoms with Gasteiger partial charge in [0.25, 0.3) is 11.7 Å². The summed E-state index contributed by atoms with van der Waals surface area (Å²) in [6, 6.07) is 5.79. The number of benzene rings is 1. The van der Waals surface area contributed by atoms with Gasteiger partial charge in [0.2, 0.25) is 0 Å². The highest BCUT2D eigenvalue weighted by Gasteiger charge is 2.10. The molecular weight excluding hydrogens is 278 g/mol. The Balaban J connectivity index is 0.00000106. The molecule has 0 amide bonds. The fourth-order valence-corrected chi connectivity index (χ4v) is 1.46. The molecule has 0 unspecified atom stereocenters. The number of anilines is 1. The van der Waals surface area contributed by atoms with Crippen LogP contribution in [0.1, 0.15) is 6.92 Å². The van der Waals surface area contributed by atoms with E-state index < -0.39 is 11.0 Å². The van der Waals surface area contributed by atoms with Crippen LogP contribution in [0.15, 0.2) is 34.9 Å². The van der Waals surface area contributed by atoms with Gasteiger partial charge in [0.15, 0.2) is 0 Å². The summed E-state index contributed by atoms with van der Waals surface area (Å²) in [5.74, 6) is 0. The molecule has 1 heterocycles. The minimum atomic E-state index is -0.467. The summed E-state index contributed by atoms with van der Waals surface area (Å²) in [5.41, 5.74) is 1.25. The van der Waals surface area contributed by atoms with Crippen molar-refractivity contribution in [3.63, 3.8) is 0 Å². The summed E-state index contributed by atoms with van der Waals surface area (Å²) >= 11 is 0. The first kappa shape index (κ1) is 16.3. The van der Waals surface area contributed by atoms with Crippen molar-refractivity contribution in [2.45, 2.75) is 13.0 Å². The van der Waals surface area contributed by atoms with Crippen LogP contribution in [0.2, 0.25) is 0 Å². The van der Waals surface area contributed by atoms with E-state index in [-0.39, 0.29) is 11.7 Å². The first-order valence-corrected chi connectivity index (χ1v) is 5.97. The number of carbonyl (C=O) groups excluding carboxylic acids is 1. The molecule has 0 fully saturated rings. The Hall–Kier alpha value is -2.74. The number of aliphatic hydroxyl groups excluding tert-OH is 1. The molecule has 0 saturated heterocycles. The molecule has 2 rings (SSSR count). The Morgan fingerprint density at radius 3 is 2.52 bits per heavy atom. The maximum atomic E-state index is 10.5. The van der Waals surface area contributed by atoms with Crippen molar-refractivity contribution in [1.82, 2.24) is 4.98 Å². The summed E-state index contributed by atoms with van der Waals surface area (Å²) in [4.78, 5) is 24.7. The average Bonchev–Trinajstić information content (AvgIpc) is 2.97. The van der Waals surface area contributed by atoms with Gasteiger partial charge in [-0.05, 0) is 19.1 Å². The van der Waals surface area contributed by atoms with Gasteiger partial charge in [0, 0.05) is 24.8 Å². The zero-order valence-corrected chi connectivity index (χ0v) is 11.5. The number of rotatable bonds is 5. The number of nitrogens with zero attached hydrogens (tertiary/aromatic N) is 2. The van der Waals surface area contributed by atoms with E-state index >= 15 is 0 Å². The molecule has 112 valence electrons. The summed E-state index contributed by atoms with van der Waals surface area (Å²) in [6.07, 6.45) is 2.15. The number of aliphatic hydroxyl groups is 1. The third-order valence-corrected chi connectivity index (χ3v) is 2.43. The first-order chi connectivity index (χ1) is 10.1. The number of nitrogens with one attached hydrogen (secondary N) is 1. The highest BCUT2D eigenvalue weighted by Crippen LogP contribution is 2.23. The second-order valence-electron chi connectivity index (χ2n) is 3.91. The smallest absolute Gasteiger partial charge is 0.295 e. The van der Waals surface area contributed by atoms with Gasteiger partial charge < -0.3 is 19.6 Å². The van der Waals surface area contributed by atoms with E-state index in [1.54, 1.807) is 19.1 Å². The van der Waals surface area contributed by atoms with Crippen molar-refractivity contribution >= 4 is 18.0 Å². The van der Waals surface area contributed by atoms with Crippen molar-refractivity contribution < 1.29 is 19.2 Å². The van der Waals surface area contributed by atoms with Crippen LogP contribution in [0.4, 0.5) is 11.7 Å².